The molecule has 3 fully saturated rings. The lowest BCUT2D eigenvalue weighted by atomic mass is 9.84. The quantitative estimate of drug-likeness (QED) is 0.361. The van der Waals surface area contributed by atoms with Gasteiger partial charge in [-0.2, -0.15) is 0 Å². The van der Waals surface area contributed by atoms with Gasteiger partial charge >= 0.3 is 0 Å². The Kier molecular flexibility index (Phi) is 2.60. The van der Waals surface area contributed by atoms with Crippen molar-refractivity contribution in [1.82, 2.24) is 9.74 Å². The van der Waals surface area contributed by atoms with Gasteiger partial charge in [0.2, 0.25) is 5.96 Å². The molecule has 3 saturated heterocycles. The largest absolute Gasteiger partial charge is 0.369 e. The van der Waals surface area contributed by atoms with Crippen LogP contribution in [0.3, 0.4) is 0 Å². The second kappa shape index (κ2) is 3.72. The van der Waals surface area contributed by atoms with Crippen molar-refractivity contribution in [3.05, 3.63) is 0 Å². The van der Waals surface area contributed by atoms with Crippen LogP contribution in [0.4, 0.5) is 0 Å². The fraction of sp³-hybridized carbons (Fsp3) is 0.875. The molecule has 0 aromatic heterocycles. The van der Waals surface area contributed by atoms with Gasteiger partial charge in [-0.1, -0.05) is 0 Å². The number of rotatable bonds is 1. The van der Waals surface area contributed by atoms with E-state index in [1.54, 1.807) is 0 Å². The second-order valence-electron chi connectivity index (χ2n) is 3.81. The van der Waals surface area contributed by atoms with Crippen molar-refractivity contribution in [3.63, 3.8) is 0 Å². The SMILES string of the molecule is NC(=NC1CN2CCC1CC2)NCl. The average Bonchev–Trinajstić information content (AvgIpc) is 2.19. The molecule has 3 aliphatic rings. The lowest BCUT2D eigenvalue weighted by Crippen LogP contribution is -2.50. The maximum atomic E-state index is 5.52. The molecule has 1 unspecified atom stereocenters. The van der Waals surface area contributed by atoms with E-state index in [4.69, 9.17) is 17.5 Å². The van der Waals surface area contributed by atoms with E-state index in [0.29, 0.717) is 17.9 Å². The van der Waals surface area contributed by atoms with Crippen molar-refractivity contribution in [1.29, 1.82) is 0 Å². The van der Waals surface area contributed by atoms with Crippen molar-refractivity contribution in [2.75, 3.05) is 19.6 Å². The van der Waals surface area contributed by atoms with E-state index in [-0.39, 0.29) is 0 Å². The summed E-state index contributed by atoms with van der Waals surface area (Å²) in [4.78, 5) is 9.14. The number of nitrogens with one attached hydrogen (secondary N) is 1. The molecule has 4 nitrogen and oxygen atoms in total. The van der Waals surface area contributed by atoms with Crippen LogP contribution in [0, 0.1) is 5.92 Å². The highest BCUT2D eigenvalue weighted by Crippen LogP contribution is 2.29. The third-order valence-corrected chi connectivity index (χ3v) is 3.22. The molecule has 5 heteroatoms. The molecule has 3 heterocycles. The molecular formula is C8H15ClN4. The van der Waals surface area contributed by atoms with Gasteiger partial charge < -0.3 is 10.6 Å². The fourth-order valence-electron chi connectivity index (χ4n) is 2.28. The number of fused-ring (bicyclic) bond motifs is 3. The van der Waals surface area contributed by atoms with Crippen LogP contribution >= 0.6 is 11.8 Å². The van der Waals surface area contributed by atoms with Crippen LogP contribution < -0.4 is 10.6 Å². The molecule has 0 amide bonds. The molecule has 74 valence electrons. The maximum Gasteiger partial charge on any atom is 0.203 e. The Bertz CT molecular complexity index is 210. The molecule has 13 heavy (non-hydrogen) atoms. The molecule has 0 spiro atoms. The monoisotopic (exact) mass is 202 g/mol. The summed E-state index contributed by atoms with van der Waals surface area (Å²) >= 11 is 5.35. The summed E-state index contributed by atoms with van der Waals surface area (Å²) in [7, 11) is 0. The minimum Gasteiger partial charge on any atom is -0.369 e. The highest BCUT2D eigenvalue weighted by molar-refractivity contribution is 6.21. The zero-order valence-corrected chi connectivity index (χ0v) is 8.30. The smallest absolute Gasteiger partial charge is 0.203 e. The Morgan fingerprint density at radius 3 is 2.62 bits per heavy atom. The van der Waals surface area contributed by atoms with Crippen LogP contribution in [0.15, 0.2) is 4.99 Å². The van der Waals surface area contributed by atoms with Gasteiger partial charge in [0, 0.05) is 18.3 Å². The number of nitrogens with zero attached hydrogens (tertiary/aromatic N) is 2. The minimum absolute atomic E-state index is 0.348. The van der Waals surface area contributed by atoms with E-state index in [1.165, 1.54) is 25.9 Å². The Hall–Kier alpha value is -0.480. The summed E-state index contributed by atoms with van der Waals surface area (Å²) in [5.74, 6) is 1.06. The number of aliphatic imine (C=N–C) groups is 1. The maximum absolute atomic E-state index is 5.52. The van der Waals surface area contributed by atoms with Gasteiger partial charge in [-0.15, -0.1) is 0 Å². The lowest BCUT2D eigenvalue weighted by molar-refractivity contribution is 0.0905. The van der Waals surface area contributed by atoms with Gasteiger partial charge in [0.15, 0.2) is 0 Å². The molecule has 3 N–H and O–H groups in total. The number of guanidine groups is 1. The Labute approximate surface area is 83.2 Å². The van der Waals surface area contributed by atoms with E-state index in [2.05, 4.69) is 14.7 Å². The molecular weight excluding hydrogens is 188 g/mol. The molecule has 0 saturated carbocycles. The van der Waals surface area contributed by atoms with Crippen molar-refractivity contribution in [3.8, 4) is 0 Å². The fourth-order valence-corrected chi connectivity index (χ4v) is 2.33. The topological polar surface area (TPSA) is 53.6 Å². The van der Waals surface area contributed by atoms with Crippen molar-refractivity contribution in [2.24, 2.45) is 16.6 Å². The molecule has 0 aromatic carbocycles. The van der Waals surface area contributed by atoms with Crippen LogP contribution in [0.2, 0.25) is 0 Å². The van der Waals surface area contributed by atoms with Crippen LogP contribution in [-0.4, -0.2) is 36.5 Å². The molecule has 3 rings (SSSR count). The first-order valence-corrected chi connectivity index (χ1v) is 5.09. The number of piperidine rings is 3. The van der Waals surface area contributed by atoms with Gasteiger partial charge in [-0.25, -0.2) is 4.99 Å². The van der Waals surface area contributed by atoms with Gasteiger partial charge in [0.25, 0.3) is 0 Å². The zero-order chi connectivity index (χ0) is 9.26. The van der Waals surface area contributed by atoms with Crippen molar-refractivity contribution in [2.45, 2.75) is 18.9 Å². The van der Waals surface area contributed by atoms with E-state index in [1.807, 2.05) is 0 Å². The zero-order valence-electron chi connectivity index (χ0n) is 7.54. The minimum atomic E-state index is 0.348. The molecule has 0 radical (unpaired) electrons. The van der Waals surface area contributed by atoms with E-state index >= 15 is 0 Å². The number of hydrogen-bond acceptors (Lipinski definition) is 2. The highest BCUT2D eigenvalue weighted by Gasteiger charge is 2.33. The third kappa shape index (κ3) is 1.89. The summed E-state index contributed by atoms with van der Waals surface area (Å²) in [6, 6.07) is 0.355. The molecule has 3 aliphatic heterocycles. The third-order valence-electron chi connectivity index (χ3n) is 3.02. The first-order chi connectivity index (χ1) is 6.29. The van der Waals surface area contributed by atoms with Gasteiger partial charge in [0.05, 0.1) is 6.04 Å². The summed E-state index contributed by atoms with van der Waals surface area (Å²) in [6.07, 6.45) is 2.51. The number of nitrogens with two attached hydrogens (primary N) is 1. The lowest BCUT2D eigenvalue weighted by Gasteiger charge is -2.43. The molecule has 0 aromatic rings. The second-order valence-corrected chi connectivity index (χ2v) is 4.00. The summed E-state index contributed by atoms with van der Waals surface area (Å²) in [6.45, 7) is 3.50. The predicted octanol–water partition coefficient (Wildman–Crippen LogP) is 0.139. The molecule has 2 bridgehead atoms. The Balaban J connectivity index is 2.01. The van der Waals surface area contributed by atoms with E-state index in [0.717, 1.165) is 6.54 Å². The molecule has 0 aliphatic carbocycles. The first-order valence-electron chi connectivity index (χ1n) is 4.72. The van der Waals surface area contributed by atoms with Crippen LogP contribution in [0.5, 0.6) is 0 Å². The standard InChI is InChI=1S/C8H15ClN4/c9-12-8(10)11-7-5-13-3-1-6(7)2-4-13/h6-7H,1-5H2,(H3,10,11,12). The normalized spacial score (nSPS) is 39.2. The van der Waals surface area contributed by atoms with Gasteiger partial charge in [-0.3, -0.25) is 4.84 Å². The summed E-state index contributed by atoms with van der Waals surface area (Å²) < 4.78 is 0. The Morgan fingerprint density at radius 1 is 1.46 bits per heavy atom. The van der Waals surface area contributed by atoms with Crippen LogP contribution in [0.25, 0.3) is 0 Å². The number of hydrogen-bond donors (Lipinski definition) is 2. The van der Waals surface area contributed by atoms with Crippen molar-refractivity contribution < 1.29 is 0 Å². The Morgan fingerprint density at radius 2 is 2.15 bits per heavy atom. The van der Waals surface area contributed by atoms with E-state index < -0.39 is 0 Å². The van der Waals surface area contributed by atoms with Crippen LogP contribution in [0.1, 0.15) is 12.8 Å². The summed E-state index contributed by atoms with van der Waals surface area (Å²) in [5, 5.41) is 0. The van der Waals surface area contributed by atoms with Crippen LogP contribution in [-0.2, 0) is 0 Å². The van der Waals surface area contributed by atoms with E-state index in [9.17, 15) is 0 Å². The predicted molar refractivity (Wildman–Crippen MR) is 53.6 cm³/mol. The number of halogens is 1. The molecule has 1 atom stereocenters. The van der Waals surface area contributed by atoms with Crippen molar-refractivity contribution >= 4 is 17.7 Å². The average molecular weight is 203 g/mol. The highest BCUT2D eigenvalue weighted by atomic mass is 35.5. The first kappa shape index (κ1) is 9.09. The summed E-state index contributed by atoms with van der Waals surface area (Å²) in [5.41, 5.74) is 5.52. The van der Waals surface area contributed by atoms with Gasteiger partial charge in [0.1, 0.15) is 0 Å². The van der Waals surface area contributed by atoms with Gasteiger partial charge in [-0.05, 0) is 31.8 Å².